The molecule has 0 heterocycles. The minimum Gasteiger partial charge on any atom is -0.495 e. The summed E-state index contributed by atoms with van der Waals surface area (Å²) in [4.78, 5) is 10.8. The molecule has 2 aromatic carbocycles. The Morgan fingerprint density at radius 2 is 1.91 bits per heavy atom. The molecule has 0 atom stereocenters. The third-order valence-corrected chi connectivity index (χ3v) is 3.09. The number of benzene rings is 2. The zero-order valence-corrected chi connectivity index (χ0v) is 13.1. The van der Waals surface area contributed by atoms with Gasteiger partial charge in [-0.1, -0.05) is 24.3 Å². The number of hydrazone groups is 1. The van der Waals surface area contributed by atoms with Crippen molar-refractivity contribution >= 4 is 35.2 Å². The molecular weight excluding hydrogens is 314 g/mol. The number of anilines is 1. The van der Waals surface area contributed by atoms with E-state index in [4.69, 9.17) is 22.1 Å². The minimum absolute atomic E-state index is 0.225. The second-order valence-electron chi connectivity index (χ2n) is 4.45. The summed E-state index contributed by atoms with van der Waals surface area (Å²) in [5.74, 6) is -0.293. The van der Waals surface area contributed by atoms with Gasteiger partial charge in [-0.25, -0.2) is 4.79 Å². The van der Waals surface area contributed by atoms with Crippen molar-refractivity contribution in [2.45, 2.75) is 0 Å². The van der Waals surface area contributed by atoms with E-state index in [0.29, 0.717) is 10.9 Å². The Labute approximate surface area is 138 Å². The number of para-hydroxylation sites is 2. The van der Waals surface area contributed by atoms with Crippen LogP contribution in [0.25, 0.3) is 0 Å². The van der Waals surface area contributed by atoms with E-state index in [9.17, 15) is 4.79 Å². The summed E-state index contributed by atoms with van der Waals surface area (Å²) < 4.78 is 5.21. The van der Waals surface area contributed by atoms with Gasteiger partial charge < -0.3 is 15.2 Å². The topological polar surface area (TPSA) is 83.0 Å². The second kappa shape index (κ2) is 7.90. The Balaban J connectivity index is 1.92. The molecule has 0 unspecified atom stereocenters. The van der Waals surface area contributed by atoms with E-state index in [1.165, 1.54) is 12.1 Å². The fourth-order valence-electron chi connectivity index (χ4n) is 1.78. The smallest absolute Gasteiger partial charge is 0.335 e. The summed E-state index contributed by atoms with van der Waals surface area (Å²) in [5, 5.41) is 16.1. The zero-order chi connectivity index (χ0) is 16.7. The van der Waals surface area contributed by atoms with Crippen LogP contribution in [-0.2, 0) is 0 Å². The summed E-state index contributed by atoms with van der Waals surface area (Å²) in [7, 11) is 1.58. The lowest BCUT2D eigenvalue weighted by molar-refractivity contribution is 0.0697. The van der Waals surface area contributed by atoms with Gasteiger partial charge in [0.25, 0.3) is 0 Å². The van der Waals surface area contributed by atoms with Crippen molar-refractivity contribution in [1.29, 1.82) is 0 Å². The lowest BCUT2D eigenvalue weighted by Gasteiger charge is -2.10. The molecule has 0 aliphatic heterocycles. The molecule has 2 aromatic rings. The number of hydrogen-bond donors (Lipinski definition) is 3. The Morgan fingerprint density at radius 1 is 1.22 bits per heavy atom. The molecule has 0 amide bonds. The molecule has 0 bridgehead atoms. The number of carbonyl (C=O) groups is 1. The largest absolute Gasteiger partial charge is 0.495 e. The third kappa shape index (κ3) is 4.79. The number of rotatable bonds is 5. The molecule has 0 saturated carbocycles. The van der Waals surface area contributed by atoms with E-state index in [-0.39, 0.29) is 5.56 Å². The highest BCUT2D eigenvalue weighted by molar-refractivity contribution is 7.80. The van der Waals surface area contributed by atoms with Gasteiger partial charge in [0, 0.05) is 0 Å². The van der Waals surface area contributed by atoms with Gasteiger partial charge in [-0.2, -0.15) is 5.10 Å². The van der Waals surface area contributed by atoms with Gasteiger partial charge in [0.15, 0.2) is 5.11 Å². The molecule has 0 fully saturated rings. The van der Waals surface area contributed by atoms with Crippen molar-refractivity contribution in [1.82, 2.24) is 5.43 Å². The van der Waals surface area contributed by atoms with Gasteiger partial charge in [-0.05, 0) is 42.0 Å². The van der Waals surface area contributed by atoms with Crippen molar-refractivity contribution in [2.24, 2.45) is 5.10 Å². The molecule has 0 spiro atoms. The van der Waals surface area contributed by atoms with Crippen LogP contribution >= 0.6 is 12.2 Å². The molecule has 23 heavy (non-hydrogen) atoms. The van der Waals surface area contributed by atoms with Gasteiger partial charge in [-0.15, -0.1) is 0 Å². The highest BCUT2D eigenvalue weighted by Crippen LogP contribution is 2.22. The maximum atomic E-state index is 10.8. The first-order valence-electron chi connectivity index (χ1n) is 6.66. The molecular formula is C16H15N3O3S. The standard InChI is InChI=1S/C16H15N3O3S/c1-22-14-5-3-2-4-13(14)18-16(23)19-17-10-11-6-8-12(9-7-11)15(20)21/h2-10H,1H3,(H,20,21)(H2,18,19,23)/b17-10-. The molecule has 3 N–H and O–H groups in total. The molecule has 0 saturated heterocycles. The number of methoxy groups -OCH3 is 1. The first-order chi connectivity index (χ1) is 11.1. The fourth-order valence-corrected chi connectivity index (χ4v) is 1.94. The number of ether oxygens (including phenoxy) is 1. The summed E-state index contributed by atoms with van der Waals surface area (Å²) in [6.45, 7) is 0. The molecule has 0 aliphatic rings. The maximum Gasteiger partial charge on any atom is 0.335 e. The Hall–Kier alpha value is -2.93. The first kappa shape index (κ1) is 16.4. The number of hydrogen-bond acceptors (Lipinski definition) is 4. The Morgan fingerprint density at radius 3 is 2.57 bits per heavy atom. The summed E-state index contributed by atoms with van der Waals surface area (Å²) >= 11 is 5.14. The summed E-state index contributed by atoms with van der Waals surface area (Å²) in [6.07, 6.45) is 1.54. The molecule has 118 valence electrons. The predicted octanol–water partition coefficient (Wildman–Crippen LogP) is 2.71. The van der Waals surface area contributed by atoms with Crippen molar-refractivity contribution < 1.29 is 14.6 Å². The van der Waals surface area contributed by atoms with Crippen LogP contribution in [0, 0.1) is 0 Å². The number of thiocarbonyl (C=S) groups is 1. The van der Waals surface area contributed by atoms with Gasteiger partial charge in [0.1, 0.15) is 5.75 Å². The quantitative estimate of drug-likeness (QED) is 0.444. The van der Waals surface area contributed by atoms with Crippen LogP contribution in [0.1, 0.15) is 15.9 Å². The SMILES string of the molecule is COc1ccccc1NC(=S)N/N=C\c1ccc(C(=O)O)cc1. The Kier molecular flexibility index (Phi) is 5.65. The van der Waals surface area contributed by atoms with Crippen LogP contribution in [0.2, 0.25) is 0 Å². The van der Waals surface area contributed by atoms with E-state index < -0.39 is 5.97 Å². The molecule has 7 heteroatoms. The van der Waals surface area contributed by atoms with E-state index in [2.05, 4.69) is 15.8 Å². The van der Waals surface area contributed by atoms with Crippen LogP contribution in [0.15, 0.2) is 53.6 Å². The molecule has 0 aliphatic carbocycles. The average Bonchev–Trinajstić information content (AvgIpc) is 2.56. The van der Waals surface area contributed by atoms with Crippen LogP contribution < -0.4 is 15.5 Å². The highest BCUT2D eigenvalue weighted by atomic mass is 32.1. The molecule has 2 rings (SSSR count). The van der Waals surface area contributed by atoms with Crippen LogP contribution in [0.5, 0.6) is 5.75 Å². The summed E-state index contributed by atoms with van der Waals surface area (Å²) in [5.41, 5.74) is 4.39. The average molecular weight is 329 g/mol. The van der Waals surface area contributed by atoms with E-state index in [1.54, 1.807) is 25.5 Å². The second-order valence-corrected chi connectivity index (χ2v) is 4.86. The molecule has 0 radical (unpaired) electrons. The van der Waals surface area contributed by atoms with Gasteiger partial charge in [0.05, 0.1) is 24.6 Å². The van der Waals surface area contributed by atoms with Gasteiger partial charge in [-0.3, -0.25) is 5.43 Å². The molecule has 0 aromatic heterocycles. The lowest BCUT2D eigenvalue weighted by atomic mass is 10.1. The van der Waals surface area contributed by atoms with E-state index in [1.807, 2.05) is 24.3 Å². The zero-order valence-electron chi connectivity index (χ0n) is 12.3. The van der Waals surface area contributed by atoms with Gasteiger partial charge >= 0.3 is 5.97 Å². The van der Waals surface area contributed by atoms with Gasteiger partial charge in [0.2, 0.25) is 0 Å². The number of carboxylic acid groups (broad SMARTS) is 1. The Bertz CT molecular complexity index is 730. The van der Waals surface area contributed by atoms with Crippen molar-refractivity contribution in [2.75, 3.05) is 12.4 Å². The van der Waals surface area contributed by atoms with Crippen LogP contribution in [0.3, 0.4) is 0 Å². The number of nitrogens with zero attached hydrogens (tertiary/aromatic N) is 1. The number of nitrogens with one attached hydrogen (secondary N) is 2. The molecule has 6 nitrogen and oxygen atoms in total. The van der Waals surface area contributed by atoms with Crippen molar-refractivity contribution in [3.63, 3.8) is 0 Å². The van der Waals surface area contributed by atoms with E-state index >= 15 is 0 Å². The van der Waals surface area contributed by atoms with Crippen molar-refractivity contribution in [3.8, 4) is 5.75 Å². The summed E-state index contributed by atoms with van der Waals surface area (Å²) in [6, 6.07) is 13.7. The maximum absolute atomic E-state index is 10.8. The van der Waals surface area contributed by atoms with Crippen LogP contribution in [-0.4, -0.2) is 29.5 Å². The fraction of sp³-hybridized carbons (Fsp3) is 0.0625. The number of aromatic carboxylic acids is 1. The predicted molar refractivity (Wildman–Crippen MR) is 93.3 cm³/mol. The first-order valence-corrected chi connectivity index (χ1v) is 7.07. The van der Waals surface area contributed by atoms with E-state index in [0.717, 1.165) is 11.3 Å². The third-order valence-electron chi connectivity index (χ3n) is 2.89. The van der Waals surface area contributed by atoms with Crippen molar-refractivity contribution in [3.05, 3.63) is 59.7 Å². The lowest BCUT2D eigenvalue weighted by Crippen LogP contribution is -2.24. The minimum atomic E-state index is -0.964. The normalized spacial score (nSPS) is 10.3. The van der Waals surface area contributed by atoms with Crippen LogP contribution in [0.4, 0.5) is 5.69 Å². The highest BCUT2D eigenvalue weighted by Gasteiger charge is 2.03. The monoisotopic (exact) mass is 329 g/mol. The number of carboxylic acids is 1.